The Morgan fingerprint density at radius 2 is 2.00 bits per heavy atom. The van der Waals surface area contributed by atoms with E-state index in [1.54, 1.807) is 19.1 Å². The number of rotatable bonds is 3. The number of carbonyl (C=O) groups is 1. The number of amides is 1. The van der Waals surface area contributed by atoms with E-state index in [0.29, 0.717) is 6.42 Å². The molecule has 0 bridgehead atoms. The van der Waals surface area contributed by atoms with Crippen LogP contribution in [-0.2, 0) is 4.79 Å². The quantitative estimate of drug-likeness (QED) is 0.616. The summed E-state index contributed by atoms with van der Waals surface area (Å²) in [6.45, 7) is 1.78. The fourth-order valence-electron chi connectivity index (χ4n) is 1.74. The number of hydrogen-bond acceptors (Lipinski definition) is 4. The van der Waals surface area contributed by atoms with Crippen LogP contribution in [0.15, 0.2) is 27.8 Å². The maximum absolute atomic E-state index is 11.8. The van der Waals surface area contributed by atoms with Crippen molar-refractivity contribution in [1.29, 1.82) is 0 Å². The average Bonchev–Trinajstić information content (AvgIpc) is 2.42. The molecule has 0 fully saturated rings. The molecule has 2 aromatic rings. The summed E-state index contributed by atoms with van der Waals surface area (Å²) in [5, 5.41) is 7.37. The van der Waals surface area contributed by atoms with Crippen molar-refractivity contribution in [3.8, 4) is 0 Å². The summed E-state index contributed by atoms with van der Waals surface area (Å²) in [6, 6.07) is 4.00. The van der Waals surface area contributed by atoms with Gasteiger partial charge in [-0.1, -0.05) is 13.0 Å². The highest BCUT2D eigenvalue weighted by atomic mass is 16.2. The number of hydrogen-bond donors (Lipinski definition) is 4. The Kier molecular flexibility index (Phi) is 3.48. The van der Waals surface area contributed by atoms with Crippen molar-refractivity contribution >= 4 is 22.4 Å². The normalized spacial score (nSPS) is 12.3. The summed E-state index contributed by atoms with van der Waals surface area (Å²) in [4.78, 5) is 35.1. The Balaban J connectivity index is 2.56. The third-order valence-corrected chi connectivity index (χ3v) is 2.86. The molecule has 0 aliphatic carbocycles. The summed E-state index contributed by atoms with van der Waals surface area (Å²) in [5.74, 6) is -0.394. The van der Waals surface area contributed by atoms with Crippen LogP contribution in [0.5, 0.6) is 0 Å². The Hall–Kier alpha value is -2.41. The molecular weight excluding hydrogens is 248 g/mol. The second-order valence-electron chi connectivity index (χ2n) is 4.14. The van der Waals surface area contributed by atoms with Gasteiger partial charge in [0.25, 0.3) is 11.1 Å². The first-order chi connectivity index (χ1) is 9.04. The molecule has 1 atom stereocenters. The lowest BCUT2D eigenvalue weighted by Gasteiger charge is -2.11. The lowest BCUT2D eigenvalue weighted by Crippen LogP contribution is -2.35. The van der Waals surface area contributed by atoms with E-state index in [2.05, 4.69) is 15.5 Å². The number of benzene rings is 1. The van der Waals surface area contributed by atoms with Crippen LogP contribution in [-0.4, -0.2) is 22.1 Å². The number of nitrogens with two attached hydrogens (primary N) is 1. The molecule has 7 nitrogen and oxygen atoms in total. The number of anilines is 1. The van der Waals surface area contributed by atoms with Gasteiger partial charge in [-0.3, -0.25) is 24.6 Å². The second-order valence-corrected chi connectivity index (χ2v) is 4.14. The molecule has 7 heteroatoms. The first kappa shape index (κ1) is 13.0. The van der Waals surface area contributed by atoms with Gasteiger partial charge in [-0.15, -0.1) is 0 Å². The van der Waals surface area contributed by atoms with Gasteiger partial charge in [-0.05, 0) is 18.6 Å². The van der Waals surface area contributed by atoms with Gasteiger partial charge < -0.3 is 11.1 Å². The van der Waals surface area contributed by atoms with Crippen LogP contribution < -0.4 is 22.2 Å². The lowest BCUT2D eigenvalue weighted by atomic mass is 10.1. The number of aromatic nitrogens is 2. The molecule has 0 aliphatic rings. The zero-order chi connectivity index (χ0) is 14.0. The van der Waals surface area contributed by atoms with Crippen molar-refractivity contribution in [2.45, 2.75) is 19.4 Å². The van der Waals surface area contributed by atoms with Gasteiger partial charge >= 0.3 is 0 Å². The van der Waals surface area contributed by atoms with E-state index in [-0.39, 0.29) is 16.5 Å². The van der Waals surface area contributed by atoms with Gasteiger partial charge in [0.1, 0.15) is 0 Å². The minimum absolute atomic E-state index is 0.142. The molecule has 19 heavy (non-hydrogen) atoms. The highest BCUT2D eigenvalue weighted by Crippen LogP contribution is 2.16. The van der Waals surface area contributed by atoms with Crippen LogP contribution in [0.2, 0.25) is 0 Å². The van der Waals surface area contributed by atoms with E-state index in [9.17, 15) is 14.4 Å². The molecule has 0 saturated carbocycles. The molecule has 1 aromatic carbocycles. The number of carbonyl (C=O) groups excluding carboxylic acids is 1. The fourth-order valence-corrected chi connectivity index (χ4v) is 1.74. The second kappa shape index (κ2) is 5.07. The van der Waals surface area contributed by atoms with Crippen LogP contribution in [0.4, 0.5) is 5.69 Å². The number of nitrogens with one attached hydrogen (secondary N) is 3. The van der Waals surface area contributed by atoms with Gasteiger partial charge in [-0.2, -0.15) is 0 Å². The van der Waals surface area contributed by atoms with Gasteiger partial charge in [0.2, 0.25) is 5.91 Å². The molecule has 1 amide bonds. The zero-order valence-corrected chi connectivity index (χ0v) is 10.3. The molecule has 0 unspecified atom stereocenters. The highest BCUT2D eigenvalue weighted by Gasteiger charge is 2.14. The van der Waals surface area contributed by atoms with Gasteiger partial charge in [-0.25, -0.2) is 0 Å². The first-order valence-corrected chi connectivity index (χ1v) is 5.84. The van der Waals surface area contributed by atoms with E-state index in [4.69, 9.17) is 5.73 Å². The van der Waals surface area contributed by atoms with Crippen LogP contribution in [0, 0.1) is 0 Å². The molecular formula is C12H14N4O3. The van der Waals surface area contributed by atoms with Crippen molar-refractivity contribution in [3.05, 3.63) is 38.9 Å². The molecule has 0 spiro atoms. The van der Waals surface area contributed by atoms with E-state index in [1.807, 2.05) is 0 Å². The van der Waals surface area contributed by atoms with Gasteiger partial charge in [0, 0.05) is 0 Å². The first-order valence-electron chi connectivity index (χ1n) is 5.84. The van der Waals surface area contributed by atoms with Crippen LogP contribution >= 0.6 is 0 Å². The SMILES string of the molecule is CC[C@@H](N)C(=O)Nc1cccc2c(=O)[nH][nH]c(=O)c12. The lowest BCUT2D eigenvalue weighted by molar-refractivity contribution is -0.117. The number of aromatic amines is 2. The molecule has 2 rings (SSSR count). The van der Waals surface area contributed by atoms with Crippen molar-refractivity contribution in [1.82, 2.24) is 10.2 Å². The molecule has 5 N–H and O–H groups in total. The van der Waals surface area contributed by atoms with E-state index in [0.717, 1.165) is 0 Å². The third kappa shape index (κ3) is 2.41. The average molecular weight is 262 g/mol. The fraction of sp³-hybridized carbons (Fsp3) is 0.250. The van der Waals surface area contributed by atoms with Gasteiger partial charge in [0.05, 0.1) is 22.5 Å². The molecule has 100 valence electrons. The maximum Gasteiger partial charge on any atom is 0.272 e. The van der Waals surface area contributed by atoms with Crippen LogP contribution in [0.25, 0.3) is 10.8 Å². The maximum atomic E-state index is 11.8. The molecule has 1 heterocycles. The summed E-state index contributed by atoms with van der Waals surface area (Å²) < 4.78 is 0. The van der Waals surface area contributed by atoms with E-state index < -0.39 is 23.1 Å². The van der Waals surface area contributed by atoms with Gasteiger partial charge in [0.15, 0.2) is 0 Å². The van der Waals surface area contributed by atoms with E-state index >= 15 is 0 Å². The van der Waals surface area contributed by atoms with Crippen molar-refractivity contribution < 1.29 is 4.79 Å². The molecule has 0 radical (unpaired) electrons. The Labute approximate surface area is 107 Å². The Morgan fingerprint density at radius 1 is 1.32 bits per heavy atom. The monoisotopic (exact) mass is 262 g/mol. The van der Waals surface area contributed by atoms with Crippen LogP contribution in [0.1, 0.15) is 13.3 Å². The number of H-pyrrole nitrogens is 2. The van der Waals surface area contributed by atoms with Crippen LogP contribution in [0.3, 0.4) is 0 Å². The highest BCUT2D eigenvalue weighted by molar-refractivity contribution is 6.03. The molecule has 1 aromatic heterocycles. The Bertz CT molecular complexity index is 732. The minimum atomic E-state index is -0.656. The summed E-state index contributed by atoms with van der Waals surface area (Å²) in [6.07, 6.45) is 0.480. The largest absolute Gasteiger partial charge is 0.324 e. The smallest absolute Gasteiger partial charge is 0.272 e. The van der Waals surface area contributed by atoms with Crippen molar-refractivity contribution in [3.63, 3.8) is 0 Å². The molecule has 0 saturated heterocycles. The predicted octanol–water partition coefficient (Wildman–Crippen LogP) is -0.108. The van der Waals surface area contributed by atoms with Crippen molar-refractivity contribution in [2.75, 3.05) is 5.32 Å². The predicted molar refractivity (Wildman–Crippen MR) is 72.1 cm³/mol. The summed E-state index contributed by atoms with van der Waals surface area (Å²) in [5.41, 5.74) is 4.99. The topological polar surface area (TPSA) is 121 Å². The summed E-state index contributed by atoms with van der Waals surface area (Å²) in [7, 11) is 0. The third-order valence-electron chi connectivity index (χ3n) is 2.86. The number of fused-ring (bicyclic) bond motifs is 1. The molecule has 0 aliphatic heterocycles. The Morgan fingerprint density at radius 3 is 2.68 bits per heavy atom. The standard InChI is InChI=1S/C12H14N4O3/c1-2-7(13)11(18)14-8-5-3-4-6-9(8)12(19)16-15-10(6)17/h3-5,7H,2,13H2,1H3,(H,14,18)(H,15,17)(H,16,19)/t7-/m1/s1. The van der Waals surface area contributed by atoms with E-state index in [1.165, 1.54) is 6.07 Å². The zero-order valence-electron chi connectivity index (χ0n) is 10.3. The summed E-state index contributed by atoms with van der Waals surface area (Å²) >= 11 is 0. The minimum Gasteiger partial charge on any atom is -0.324 e. The van der Waals surface area contributed by atoms with Crippen molar-refractivity contribution in [2.24, 2.45) is 5.73 Å².